The van der Waals surface area contributed by atoms with Gasteiger partial charge in [0.25, 0.3) is 0 Å². The molecule has 2 aromatic rings. The van der Waals surface area contributed by atoms with Crippen molar-refractivity contribution in [3.63, 3.8) is 0 Å². The minimum atomic E-state index is 0.292. The molecule has 1 N–H and O–H groups in total. The Bertz CT molecular complexity index is 610. The lowest BCUT2D eigenvalue weighted by molar-refractivity contribution is 0.0805. The van der Waals surface area contributed by atoms with Crippen LogP contribution < -0.4 is 5.32 Å². The van der Waals surface area contributed by atoms with Crippen LogP contribution in [0.4, 0.5) is 5.82 Å². The second-order valence-electron chi connectivity index (χ2n) is 4.00. The first-order valence-electron chi connectivity index (χ1n) is 5.73. The maximum absolute atomic E-state index is 5.25. The monoisotopic (exact) mass is 243 g/mol. The molecule has 0 saturated heterocycles. The minimum absolute atomic E-state index is 0.292. The number of rotatable bonds is 3. The Morgan fingerprint density at radius 2 is 2.17 bits per heavy atom. The SMILES string of the molecule is Cc1nc(NCC2=COCO2)c2ccccc2n1. The quantitative estimate of drug-likeness (QED) is 0.895. The van der Waals surface area contributed by atoms with Gasteiger partial charge in [0.2, 0.25) is 6.79 Å². The van der Waals surface area contributed by atoms with E-state index in [2.05, 4.69) is 15.3 Å². The third-order valence-corrected chi connectivity index (χ3v) is 2.67. The van der Waals surface area contributed by atoms with Gasteiger partial charge < -0.3 is 14.8 Å². The van der Waals surface area contributed by atoms with Crippen molar-refractivity contribution in [2.45, 2.75) is 6.92 Å². The summed E-state index contributed by atoms with van der Waals surface area (Å²) in [6, 6.07) is 7.91. The van der Waals surface area contributed by atoms with Crippen molar-refractivity contribution >= 4 is 16.7 Å². The van der Waals surface area contributed by atoms with E-state index in [0.29, 0.717) is 13.3 Å². The lowest BCUT2D eigenvalue weighted by atomic mass is 10.2. The summed E-state index contributed by atoms with van der Waals surface area (Å²) in [5.41, 5.74) is 0.935. The molecular formula is C13H13N3O2. The Balaban J connectivity index is 1.90. The van der Waals surface area contributed by atoms with Gasteiger partial charge in [-0.25, -0.2) is 9.97 Å². The van der Waals surface area contributed by atoms with Crippen molar-refractivity contribution < 1.29 is 9.47 Å². The molecule has 3 rings (SSSR count). The highest BCUT2D eigenvalue weighted by atomic mass is 16.7. The third kappa shape index (κ3) is 2.07. The normalized spacial score (nSPS) is 13.9. The molecule has 0 radical (unpaired) electrons. The molecule has 0 amide bonds. The molecular weight excluding hydrogens is 230 g/mol. The van der Waals surface area contributed by atoms with Crippen LogP contribution in [0, 0.1) is 6.92 Å². The zero-order valence-electron chi connectivity index (χ0n) is 10.0. The summed E-state index contributed by atoms with van der Waals surface area (Å²) in [6.07, 6.45) is 1.61. The van der Waals surface area contributed by atoms with Gasteiger partial charge in [0.15, 0.2) is 5.76 Å². The minimum Gasteiger partial charge on any atom is -0.462 e. The van der Waals surface area contributed by atoms with Crippen LogP contribution in [-0.4, -0.2) is 23.3 Å². The van der Waals surface area contributed by atoms with E-state index in [9.17, 15) is 0 Å². The summed E-state index contributed by atoms with van der Waals surface area (Å²) in [6.45, 7) is 2.73. The van der Waals surface area contributed by atoms with E-state index in [4.69, 9.17) is 9.47 Å². The highest BCUT2D eigenvalue weighted by Gasteiger charge is 2.09. The predicted molar refractivity (Wildman–Crippen MR) is 67.9 cm³/mol. The maximum Gasteiger partial charge on any atom is 0.229 e. The summed E-state index contributed by atoms with van der Waals surface area (Å²) in [5.74, 6) is 2.33. The molecule has 5 nitrogen and oxygen atoms in total. The van der Waals surface area contributed by atoms with Crippen molar-refractivity contribution in [2.75, 3.05) is 18.7 Å². The van der Waals surface area contributed by atoms with Crippen molar-refractivity contribution in [3.8, 4) is 0 Å². The molecule has 0 saturated carbocycles. The molecule has 1 aromatic heterocycles. The van der Waals surface area contributed by atoms with E-state index in [-0.39, 0.29) is 0 Å². The van der Waals surface area contributed by atoms with E-state index < -0.39 is 0 Å². The molecule has 0 atom stereocenters. The van der Waals surface area contributed by atoms with Gasteiger partial charge in [-0.2, -0.15) is 0 Å². The molecule has 18 heavy (non-hydrogen) atoms. The molecule has 0 aliphatic carbocycles. The lowest BCUT2D eigenvalue weighted by Crippen LogP contribution is -2.08. The van der Waals surface area contributed by atoms with Gasteiger partial charge in [0.1, 0.15) is 17.9 Å². The number of nitrogens with one attached hydrogen (secondary N) is 1. The van der Waals surface area contributed by atoms with Crippen LogP contribution in [0.1, 0.15) is 5.82 Å². The van der Waals surface area contributed by atoms with Gasteiger partial charge in [-0.15, -0.1) is 0 Å². The fraction of sp³-hybridized carbons (Fsp3) is 0.231. The molecule has 1 aliphatic rings. The second-order valence-corrected chi connectivity index (χ2v) is 4.00. The van der Waals surface area contributed by atoms with Crippen molar-refractivity contribution in [3.05, 3.63) is 42.1 Å². The molecule has 92 valence electrons. The third-order valence-electron chi connectivity index (χ3n) is 2.67. The summed E-state index contributed by atoms with van der Waals surface area (Å²) in [5, 5.41) is 4.25. The van der Waals surface area contributed by atoms with E-state index in [1.807, 2.05) is 31.2 Å². The van der Waals surface area contributed by atoms with Crippen LogP contribution in [0.2, 0.25) is 0 Å². The predicted octanol–water partition coefficient (Wildman–Crippen LogP) is 2.20. The van der Waals surface area contributed by atoms with Crippen molar-refractivity contribution in [1.82, 2.24) is 9.97 Å². The standard InChI is InChI=1S/C13H13N3O2/c1-9-15-12-5-3-2-4-11(12)13(16-9)14-6-10-7-17-8-18-10/h2-5,7H,6,8H2,1H3,(H,14,15,16). The number of nitrogens with zero attached hydrogens (tertiary/aromatic N) is 2. The second kappa shape index (κ2) is 4.52. The average Bonchev–Trinajstić information content (AvgIpc) is 2.89. The number of para-hydroxylation sites is 1. The molecule has 5 heteroatoms. The lowest BCUT2D eigenvalue weighted by Gasteiger charge is -2.09. The molecule has 1 aliphatic heterocycles. The number of fused-ring (bicyclic) bond motifs is 1. The number of ether oxygens (including phenoxy) is 2. The van der Waals surface area contributed by atoms with Crippen LogP contribution in [0.5, 0.6) is 0 Å². The Morgan fingerprint density at radius 3 is 3.00 bits per heavy atom. The Hall–Kier alpha value is -2.30. The van der Waals surface area contributed by atoms with Crippen LogP contribution in [0.3, 0.4) is 0 Å². The number of aromatic nitrogens is 2. The number of aryl methyl sites for hydroxylation is 1. The number of anilines is 1. The summed E-state index contributed by atoms with van der Waals surface area (Å²) in [4.78, 5) is 8.81. The van der Waals surface area contributed by atoms with E-state index in [1.165, 1.54) is 0 Å². The van der Waals surface area contributed by atoms with Gasteiger partial charge >= 0.3 is 0 Å². The van der Waals surface area contributed by atoms with Gasteiger partial charge in [-0.3, -0.25) is 0 Å². The number of hydrogen-bond donors (Lipinski definition) is 1. The highest BCUT2D eigenvalue weighted by molar-refractivity contribution is 5.89. The summed E-state index contributed by atoms with van der Waals surface area (Å²) < 4.78 is 10.2. The molecule has 1 aromatic carbocycles. The highest BCUT2D eigenvalue weighted by Crippen LogP contribution is 2.20. The molecule has 0 unspecified atom stereocenters. The molecule has 0 spiro atoms. The van der Waals surface area contributed by atoms with Gasteiger partial charge in [-0.05, 0) is 19.1 Å². The fourth-order valence-corrected chi connectivity index (χ4v) is 1.86. The largest absolute Gasteiger partial charge is 0.462 e. The van der Waals surface area contributed by atoms with Crippen LogP contribution in [0.15, 0.2) is 36.3 Å². The molecule has 2 heterocycles. The first kappa shape index (κ1) is 10.8. The first-order valence-corrected chi connectivity index (χ1v) is 5.73. The molecule has 0 fully saturated rings. The van der Waals surface area contributed by atoms with Crippen LogP contribution in [-0.2, 0) is 9.47 Å². The van der Waals surface area contributed by atoms with Gasteiger partial charge in [-0.1, -0.05) is 12.1 Å². The number of hydrogen-bond acceptors (Lipinski definition) is 5. The van der Waals surface area contributed by atoms with E-state index in [1.54, 1.807) is 6.26 Å². The zero-order valence-corrected chi connectivity index (χ0v) is 10.0. The van der Waals surface area contributed by atoms with E-state index in [0.717, 1.165) is 28.3 Å². The summed E-state index contributed by atoms with van der Waals surface area (Å²) >= 11 is 0. The number of benzene rings is 1. The summed E-state index contributed by atoms with van der Waals surface area (Å²) in [7, 11) is 0. The molecule has 0 bridgehead atoms. The van der Waals surface area contributed by atoms with Crippen molar-refractivity contribution in [1.29, 1.82) is 0 Å². The Morgan fingerprint density at radius 1 is 1.28 bits per heavy atom. The topological polar surface area (TPSA) is 56.3 Å². The Kier molecular flexibility index (Phi) is 2.72. The maximum atomic E-state index is 5.25. The van der Waals surface area contributed by atoms with Crippen LogP contribution in [0.25, 0.3) is 10.9 Å². The van der Waals surface area contributed by atoms with E-state index >= 15 is 0 Å². The average molecular weight is 243 g/mol. The van der Waals surface area contributed by atoms with Crippen molar-refractivity contribution in [2.24, 2.45) is 0 Å². The fourth-order valence-electron chi connectivity index (χ4n) is 1.86. The van der Waals surface area contributed by atoms with Crippen LogP contribution >= 0.6 is 0 Å². The van der Waals surface area contributed by atoms with Gasteiger partial charge in [0.05, 0.1) is 12.1 Å². The van der Waals surface area contributed by atoms with Gasteiger partial charge in [0, 0.05) is 5.39 Å². The smallest absolute Gasteiger partial charge is 0.229 e. The zero-order chi connectivity index (χ0) is 12.4. The Labute approximate surface area is 104 Å². The first-order chi connectivity index (χ1) is 8.83.